The lowest BCUT2D eigenvalue weighted by Crippen LogP contribution is -2.01. The molecule has 23 heavy (non-hydrogen) atoms. The minimum absolute atomic E-state index is 0.162. The summed E-state index contributed by atoms with van der Waals surface area (Å²) in [6, 6.07) is 15.7. The Morgan fingerprint density at radius 2 is 1.70 bits per heavy atom. The second kappa shape index (κ2) is 8.31. The highest BCUT2D eigenvalue weighted by atomic mass is 79.9. The van der Waals surface area contributed by atoms with Gasteiger partial charge in [-0.3, -0.25) is 0 Å². The molecule has 0 saturated heterocycles. The lowest BCUT2D eigenvalue weighted by molar-refractivity contribution is 0.477. The molecule has 0 bridgehead atoms. The average molecular weight is 438 g/mol. The van der Waals surface area contributed by atoms with E-state index in [2.05, 4.69) is 42.2 Å². The molecule has 3 nitrogen and oxygen atoms in total. The first-order chi connectivity index (χ1) is 11.1. The van der Waals surface area contributed by atoms with E-state index in [4.69, 9.17) is 0 Å². The number of halogens is 2. The number of anilines is 1. The van der Waals surface area contributed by atoms with E-state index in [0.717, 1.165) is 21.2 Å². The number of hydrogen-bond donors (Lipinski definition) is 2. The predicted molar refractivity (Wildman–Crippen MR) is 104 cm³/mol. The first-order valence-corrected chi connectivity index (χ1v) is 8.99. The normalized spacial score (nSPS) is 10.1. The van der Waals surface area contributed by atoms with Crippen LogP contribution in [0.3, 0.4) is 0 Å². The van der Waals surface area contributed by atoms with E-state index in [0.29, 0.717) is 16.5 Å². The van der Waals surface area contributed by atoms with E-state index < -0.39 is 0 Å². The Kier molecular flexibility index (Phi) is 6.42. The van der Waals surface area contributed by atoms with Crippen LogP contribution in [0.4, 0.5) is 5.69 Å². The number of rotatable bonds is 3. The van der Waals surface area contributed by atoms with Crippen molar-refractivity contribution in [2.24, 2.45) is 0 Å². The van der Waals surface area contributed by atoms with Gasteiger partial charge < -0.3 is 10.4 Å². The van der Waals surface area contributed by atoms with Crippen molar-refractivity contribution >= 4 is 48.5 Å². The van der Waals surface area contributed by atoms with Crippen LogP contribution in [-0.4, -0.2) is 10.1 Å². The zero-order valence-corrected chi connectivity index (χ0v) is 16.1. The summed E-state index contributed by atoms with van der Waals surface area (Å²) in [6.07, 6.45) is 0. The van der Waals surface area contributed by atoms with E-state index >= 15 is 0 Å². The van der Waals surface area contributed by atoms with Crippen molar-refractivity contribution in [3.05, 3.63) is 63.2 Å². The molecule has 0 saturated carbocycles. The average Bonchev–Trinajstić information content (AvgIpc) is 2.60. The van der Waals surface area contributed by atoms with Crippen molar-refractivity contribution in [3.63, 3.8) is 0 Å². The maximum Gasteiger partial charge on any atom is 0.156 e. The quantitative estimate of drug-likeness (QED) is 0.519. The number of aromatic hydroxyl groups is 1. The third-order valence-corrected chi connectivity index (χ3v) is 4.42. The van der Waals surface area contributed by atoms with Crippen LogP contribution < -0.4 is 5.32 Å². The van der Waals surface area contributed by atoms with Crippen LogP contribution in [0.1, 0.15) is 19.5 Å². The first-order valence-electron chi connectivity index (χ1n) is 7.40. The molecule has 0 aliphatic rings. The summed E-state index contributed by atoms with van der Waals surface area (Å²) in [5, 5.41) is 14.3. The summed E-state index contributed by atoms with van der Waals surface area (Å²) < 4.78 is 1.53. The molecule has 0 aliphatic heterocycles. The summed E-state index contributed by atoms with van der Waals surface area (Å²) in [7, 11) is 0. The minimum atomic E-state index is 0.162. The molecule has 2 aromatic carbocycles. The van der Waals surface area contributed by atoms with Gasteiger partial charge in [0, 0.05) is 15.5 Å². The van der Waals surface area contributed by atoms with Gasteiger partial charge in [-0.05, 0) is 46.3 Å². The summed E-state index contributed by atoms with van der Waals surface area (Å²) in [5.74, 6) is 0.162. The van der Waals surface area contributed by atoms with Crippen LogP contribution in [-0.2, 0) is 6.54 Å². The molecule has 5 heteroatoms. The lowest BCUT2D eigenvalue weighted by Gasteiger charge is -2.09. The van der Waals surface area contributed by atoms with Gasteiger partial charge in [0.25, 0.3) is 0 Å². The van der Waals surface area contributed by atoms with Crippen LogP contribution in [0, 0.1) is 0 Å². The monoisotopic (exact) mass is 436 g/mol. The number of aromatic nitrogens is 1. The van der Waals surface area contributed by atoms with Crippen LogP contribution in [0.15, 0.2) is 57.5 Å². The van der Waals surface area contributed by atoms with Crippen molar-refractivity contribution in [2.75, 3.05) is 5.32 Å². The van der Waals surface area contributed by atoms with Crippen molar-refractivity contribution in [2.45, 2.75) is 20.4 Å². The molecule has 0 unspecified atom stereocenters. The number of hydrogen-bond acceptors (Lipinski definition) is 3. The highest BCUT2D eigenvalue weighted by Gasteiger charge is 2.10. The Bertz CT molecular complexity index is 792. The van der Waals surface area contributed by atoms with Crippen LogP contribution >= 0.6 is 31.9 Å². The molecule has 1 heterocycles. The highest BCUT2D eigenvalue weighted by molar-refractivity contribution is 9.11. The van der Waals surface area contributed by atoms with Gasteiger partial charge in [0.05, 0.1) is 16.7 Å². The fourth-order valence-corrected chi connectivity index (χ4v) is 3.36. The SMILES string of the molecule is CC.Oc1c(Br)cc(Br)c2ccc(CNc3ccccc3)nc12. The molecule has 0 aliphatic carbocycles. The van der Waals surface area contributed by atoms with E-state index in [9.17, 15) is 5.11 Å². The number of para-hydroxylation sites is 1. The first kappa shape index (κ1) is 17.8. The Hall–Kier alpha value is -1.59. The van der Waals surface area contributed by atoms with Crippen LogP contribution in [0.2, 0.25) is 0 Å². The Morgan fingerprint density at radius 3 is 2.39 bits per heavy atom. The van der Waals surface area contributed by atoms with Gasteiger partial charge in [-0.2, -0.15) is 0 Å². The largest absolute Gasteiger partial charge is 0.505 e. The maximum absolute atomic E-state index is 10.1. The number of phenols is 1. The smallest absolute Gasteiger partial charge is 0.156 e. The molecule has 0 fully saturated rings. The number of pyridine rings is 1. The zero-order chi connectivity index (χ0) is 16.8. The fraction of sp³-hybridized carbons (Fsp3) is 0.167. The molecule has 2 N–H and O–H groups in total. The third kappa shape index (κ3) is 4.24. The highest BCUT2D eigenvalue weighted by Crippen LogP contribution is 2.36. The van der Waals surface area contributed by atoms with E-state index in [1.807, 2.05) is 62.4 Å². The van der Waals surface area contributed by atoms with Crippen molar-refractivity contribution in [1.29, 1.82) is 0 Å². The standard InChI is InChI=1S/C16H12Br2N2O.C2H6/c17-13-8-14(18)16(21)15-12(13)7-6-11(20-15)9-19-10-4-2-1-3-5-10;1-2/h1-8,19,21H,9H2;1-2H3. The van der Waals surface area contributed by atoms with Crippen molar-refractivity contribution < 1.29 is 5.11 Å². The number of benzene rings is 2. The third-order valence-electron chi connectivity index (χ3n) is 3.16. The zero-order valence-electron chi connectivity index (χ0n) is 13.0. The van der Waals surface area contributed by atoms with Crippen LogP contribution in [0.25, 0.3) is 10.9 Å². The maximum atomic E-state index is 10.1. The van der Waals surface area contributed by atoms with Crippen molar-refractivity contribution in [1.82, 2.24) is 4.98 Å². The number of nitrogens with zero attached hydrogens (tertiary/aromatic N) is 1. The number of phenolic OH excluding ortho intramolecular Hbond substituents is 1. The van der Waals surface area contributed by atoms with Gasteiger partial charge in [-0.1, -0.05) is 48.0 Å². The van der Waals surface area contributed by atoms with E-state index in [1.54, 1.807) is 0 Å². The molecule has 0 spiro atoms. The molecule has 3 aromatic rings. The van der Waals surface area contributed by atoms with Crippen LogP contribution in [0.5, 0.6) is 5.75 Å². The summed E-state index contributed by atoms with van der Waals surface area (Å²) >= 11 is 6.82. The Morgan fingerprint density at radius 1 is 1.00 bits per heavy atom. The summed E-state index contributed by atoms with van der Waals surface area (Å²) in [4.78, 5) is 4.54. The second-order valence-corrected chi connectivity index (χ2v) is 6.32. The minimum Gasteiger partial charge on any atom is -0.505 e. The number of nitrogens with one attached hydrogen (secondary N) is 1. The van der Waals surface area contributed by atoms with Gasteiger partial charge in [0.1, 0.15) is 5.52 Å². The topological polar surface area (TPSA) is 45.1 Å². The molecule has 0 atom stereocenters. The molecule has 0 radical (unpaired) electrons. The summed E-state index contributed by atoms with van der Waals surface area (Å²) in [5.41, 5.74) is 2.49. The molecule has 0 amide bonds. The Balaban J connectivity index is 0.000000924. The second-order valence-electron chi connectivity index (χ2n) is 4.61. The molecule has 3 rings (SSSR count). The lowest BCUT2D eigenvalue weighted by atomic mass is 10.2. The molecular formula is C18H18Br2N2O. The fourth-order valence-electron chi connectivity index (χ4n) is 2.09. The Labute approximate surface area is 153 Å². The van der Waals surface area contributed by atoms with Gasteiger partial charge in [0.2, 0.25) is 0 Å². The molecule has 120 valence electrons. The van der Waals surface area contributed by atoms with Gasteiger partial charge in [0.15, 0.2) is 5.75 Å². The number of fused-ring (bicyclic) bond motifs is 1. The molecule has 1 aromatic heterocycles. The van der Waals surface area contributed by atoms with Crippen molar-refractivity contribution in [3.8, 4) is 5.75 Å². The van der Waals surface area contributed by atoms with E-state index in [-0.39, 0.29) is 5.75 Å². The van der Waals surface area contributed by atoms with Gasteiger partial charge in [-0.15, -0.1) is 0 Å². The molecular weight excluding hydrogens is 420 g/mol. The predicted octanol–water partition coefficient (Wildman–Crippen LogP) is 6.10. The van der Waals surface area contributed by atoms with Gasteiger partial charge >= 0.3 is 0 Å². The van der Waals surface area contributed by atoms with E-state index in [1.165, 1.54) is 0 Å². The van der Waals surface area contributed by atoms with Gasteiger partial charge in [-0.25, -0.2) is 4.98 Å². The summed E-state index contributed by atoms with van der Waals surface area (Å²) in [6.45, 7) is 4.60.